The number of fused-ring (bicyclic) bond motifs is 1. The van der Waals surface area contributed by atoms with Gasteiger partial charge in [-0.2, -0.15) is 0 Å². The van der Waals surface area contributed by atoms with Crippen LogP contribution in [0.3, 0.4) is 0 Å². The van der Waals surface area contributed by atoms with Crippen molar-refractivity contribution in [3.05, 3.63) is 111 Å². The monoisotopic (exact) mass is 612 g/mol. The second kappa shape index (κ2) is 12.9. The molecule has 2 aliphatic heterocycles. The molecule has 0 aliphatic carbocycles. The van der Waals surface area contributed by atoms with E-state index in [0.717, 1.165) is 35.8 Å². The fourth-order valence-corrected chi connectivity index (χ4v) is 6.05. The zero-order valence-corrected chi connectivity index (χ0v) is 25.0. The van der Waals surface area contributed by atoms with Gasteiger partial charge in [-0.25, -0.2) is 0 Å². The molecule has 3 heterocycles. The smallest absolute Gasteiger partial charge is 0.287 e. The molecule has 2 aliphatic rings. The van der Waals surface area contributed by atoms with Gasteiger partial charge in [0.1, 0.15) is 11.6 Å². The molecule has 4 aromatic rings. The molecule has 0 spiro atoms. The summed E-state index contributed by atoms with van der Waals surface area (Å²) in [7, 11) is 0. The van der Waals surface area contributed by atoms with Gasteiger partial charge in [0.25, 0.3) is 5.91 Å². The van der Waals surface area contributed by atoms with E-state index in [-0.39, 0.29) is 29.4 Å². The molecular formula is C34H33ClN4O5. The number of rotatable bonds is 8. The lowest BCUT2D eigenvalue weighted by molar-refractivity contribution is -0.133. The Bertz CT molecular complexity index is 1750. The number of amides is 3. The van der Waals surface area contributed by atoms with Crippen LogP contribution in [0.1, 0.15) is 34.5 Å². The number of halogens is 1. The van der Waals surface area contributed by atoms with Gasteiger partial charge in [-0.3, -0.25) is 19.2 Å². The van der Waals surface area contributed by atoms with Crippen LogP contribution in [-0.2, 0) is 22.6 Å². The lowest BCUT2D eigenvalue weighted by Crippen LogP contribution is -2.55. The molecule has 0 saturated carbocycles. The second-order valence-electron chi connectivity index (χ2n) is 11.2. The summed E-state index contributed by atoms with van der Waals surface area (Å²) >= 11 is 6.08. The molecule has 10 heteroatoms. The number of likely N-dealkylation sites (tertiary alicyclic amines) is 1. The highest BCUT2D eigenvalue weighted by Crippen LogP contribution is 2.25. The van der Waals surface area contributed by atoms with E-state index < -0.39 is 11.9 Å². The number of carbonyl (C=O) groups excluding carboxylic acids is 3. The van der Waals surface area contributed by atoms with Gasteiger partial charge in [-0.15, -0.1) is 0 Å². The van der Waals surface area contributed by atoms with Crippen LogP contribution in [-0.4, -0.2) is 66.3 Å². The van der Waals surface area contributed by atoms with Gasteiger partial charge in [0, 0.05) is 68.9 Å². The topological polar surface area (TPSA) is 103 Å². The number of anilines is 1. The summed E-state index contributed by atoms with van der Waals surface area (Å²) in [6.07, 6.45) is 1.73. The highest BCUT2D eigenvalue weighted by atomic mass is 35.5. The molecule has 1 N–H and O–H groups in total. The number of hydrogen-bond donors (Lipinski definition) is 1. The first-order valence-electron chi connectivity index (χ1n) is 14.8. The van der Waals surface area contributed by atoms with Crippen molar-refractivity contribution in [1.82, 2.24) is 15.1 Å². The van der Waals surface area contributed by atoms with Gasteiger partial charge in [0.05, 0.1) is 5.39 Å². The first kappa shape index (κ1) is 29.4. The number of nitrogens with zero attached hydrogens (tertiary/aromatic N) is 3. The van der Waals surface area contributed by atoms with Gasteiger partial charge >= 0.3 is 0 Å². The molecule has 2 saturated heterocycles. The number of piperazine rings is 1. The Labute approximate surface area is 260 Å². The number of hydrogen-bond acceptors (Lipinski definition) is 6. The quantitative estimate of drug-likeness (QED) is 0.319. The summed E-state index contributed by atoms with van der Waals surface area (Å²) in [5.41, 5.74) is 2.96. The lowest BCUT2D eigenvalue weighted by atomic mass is 10.0. The van der Waals surface area contributed by atoms with Crippen LogP contribution >= 0.6 is 11.6 Å². The van der Waals surface area contributed by atoms with Crippen molar-refractivity contribution in [2.75, 3.05) is 37.6 Å². The Balaban J connectivity index is 1.18. The van der Waals surface area contributed by atoms with Gasteiger partial charge in [0.15, 0.2) is 11.2 Å². The van der Waals surface area contributed by atoms with E-state index in [0.29, 0.717) is 55.1 Å². The summed E-state index contributed by atoms with van der Waals surface area (Å²) in [5, 5.41) is 3.79. The van der Waals surface area contributed by atoms with Crippen LogP contribution in [0.4, 0.5) is 5.69 Å². The molecule has 1 unspecified atom stereocenters. The van der Waals surface area contributed by atoms with Crippen molar-refractivity contribution in [2.45, 2.75) is 31.8 Å². The van der Waals surface area contributed by atoms with E-state index in [1.807, 2.05) is 29.2 Å². The van der Waals surface area contributed by atoms with Crippen molar-refractivity contribution < 1.29 is 18.8 Å². The molecule has 2 fully saturated rings. The van der Waals surface area contributed by atoms with Crippen molar-refractivity contribution in [3.63, 3.8) is 0 Å². The largest absolute Gasteiger partial charge is 0.451 e. The lowest BCUT2D eigenvalue weighted by Gasteiger charge is -2.38. The summed E-state index contributed by atoms with van der Waals surface area (Å²) in [5.74, 6) is -0.816. The number of carbonyl (C=O) groups is 3. The molecule has 0 radical (unpaired) electrons. The van der Waals surface area contributed by atoms with Crippen molar-refractivity contribution >= 4 is 46.0 Å². The number of benzene rings is 3. The van der Waals surface area contributed by atoms with Gasteiger partial charge in [-0.05, 0) is 47.9 Å². The fourth-order valence-electron chi connectivity index (χ4n) is 5.92. The maximum absolute atomic E-state index is 13.9. The van der Waals surface area contributed by atoms with Crippen molar-refractivity contribution in [3.8, 4) is 0 Å². The van der Waals surface area contributed by atoms with Crippen LogP contribution in [0.2, 0.25) is 5.02 Å². The Morgan fingerprint density at radius 1 is 0.886 bits per heavy atom. The molecular weight excluding hydrogens is 580 g/mol. The molecule has 0 bridgehead atoms. The number of para-hydroxylation sites is 2. The summed E-state index contributed by atoms with van der Waals surface area (Å²) in [6, 6.07) is 22.2. The Morgan fingerprint density at radius 3 is 2.36 bits per heavy atom. The highest BCUT2D eigenvalue weighted by molar-refractivity contribution is 6.30. The maximum Gasteiger partial charge on any atom is 0.287 e. The highest BCUT2D eigenvalue weighted by Gasteiger charge is 2.31. The van der Waals surface area contributed by atoms with Crippen LogP contribution in [0.15, 0.2) is 88.1 Å². The van der Waals surface area contributed by atoms with Gasteiger partial charge in [-0.1, -0.05) is 54.1 Å². The molecule has 44 heavy (non-hydrogen) atoms. The normalized spacial score (nSPS) is 15.9. The summed E-state index contributed by atoms with van der Waals surface area (Å²) in [6.45, 7) is 3.50. The van der Waals surface area contributed by atoms with E-state index in [1.54, 1.807) is 41.3 Å². The van der Waals surface area contributed by atoms with E-state index >= 15 is 0 Å². The minimum atomic E-state index is -0.888. The minimum Gasteiger partial charge on any atom is -0.451 e. The Morgan fingerprint density at radius 2 is 1.61 bits per heavy atom. The third-order valence-electron chi connectivity index (χ3n) is 8.27. The van der Waals surface area contributed by atoms with Gasteiger partial charge < -0.3 is 24.4 Å². The average molecular weight is 613 g/mol. The molecule has 226 valence electrons. The van der Waals surface area contributed by atoms with E-state index in [1.165, 1.54) is 0 Å². The second-order valence-corrected chi connectivity index (χ2v) is 11.6. The standard InChI is InChI=1S/C34H33ClN4O5/c35-25-13-11-23(12-14-25)20-27(36-33(42)31-21-29(40)26-7-2-4-9-30(26)44-31)34(43)38-18-16-37(17-19-38)28-8-3-1-6-24(28)22-39-15-5-10-32(39)41/h1-4,6-9,11-14,21,27H,5,10,15-20,22H2,(H,36,42). The summed E-state index contributed by atoms with van der Waals surface area (Å²) in [4.78, 5) is 58.1. The fraction of sp³-hybridized carbons (Fsp3) is 0.294. The van der Waals surface area contributed by atoms with Crippen LogP contribution in [0, 0.1) is 0 Å². The SMILES string of the molecule is O=C(NC(Cc1ccc(Cl)cc1)C(=O)N1CCN(c2ccccc2CN2CCCC2=O)CC1)c1cc(=O)c2ccccc2o1. The van der Waals surface area contributed by atoms with Crippen molar-refractivity contribution in [2.24, 2.45) is 0 Å². The maximum atomic E-state index is 13.9. The van der Waals surface area contributed by atoms with E-state index in [9.17, 15) is 19.2 Å². The van der Waals surface area contributed by atoms with Crippen molar-refractivity contribution in [1.29, 1.82) is 0 Å². The molecule has 1 aromatic heterocycles. The van der Waals surface area contributed by atoms with Crippen LogP contribution < -0.4 is 15.6 Å². The summed E-state index contributed by atoms with van der Waals surface area (Å²) < 4.78 is 5.74. The molecule has 3 amide bonds. The molecule has 3 aromatic carbocycles. The molecule has 1 atom stereocenters. The number of nitrogens with one attached hydrogen (secondary N) is 1. The van der Waals surface area contributed by atoms with Gasteiger partial charge in [0.2, 0.25) is 11.8 Å². The van der Waals surface area contributed by atoms with E-state index in [4.69, 9.17) is 16.0 Å². The zero-order chi connectivity index (χ0) is 30.6. The van der Waals surface area contributed by atoms with Crippen LogP contribution in [0.25, 0.3) is 11.0 Å². The first-order valence-corrected chi connectivity index (χ1v) is 15.2. The predicted molar refractivity (Wildman–Crippen MR) is 169 cm³/mol. The molecule has 6 rings (SSSR count). The Hall–Kier alpha value is -4.63. The third kappa shape index (κ3) is 6.48. The Kier molecular flexibility index (Phi) is 8.65. The third-order valence-corrected chi connectivity index (χ3v) is 8.52. The minimum absolute atomic E-state index is 0.152. The zero-order valence-electron chi connectivity index (χ0n) is 24.2. The predicted octanol–water partition coefficient (Wildman–Crippen LogP) is 4.26. The molecule has 9 nitrogen and oxygen atoms in total. The first-order chi connectivity index (χ1) is 21.4. The van der Waals surface area contributed by atoms with E-state index in [2.05, 4.69) is 22.3 Å². The average Bonchev–Trinajstić information content (AvgIpc) is 3.45. The van der Waals surface area contributed by atoms with Crippen LogP contribution in [0.5, 0.6) is 0 Å².